The maximum Gasteiger partial charge on any atom is 0.408 e. The molecule has 1 saturated carbocycles. The number of amides is 2. The Hall–Kier alpha value is -3.50. The Kier molecular flexibility index (Phi) is 9.03. The predicted molar refractivity (Wildman–Crippen MR) is 164 cm³/mol. The van der Waals surface area contributed by atoms with Crippen LogP contribution < -0.4 is 14.8 Å². The second kappa shape index (κ2) is 12.4. The molecule has 2 aliphatic heterocycles. The summed E-state index contributed by atoms with van der Waals surface area (Å²) in [5.41, 5.74) is -1.32. The van der Waals surface area contributed by atoms with Gasteiger partial charge in [-0.1, -0.05) is 34.1 Å². The van der Waals surface area contributed by atoms with Crippen LogP contribution in [0.4, 0.5) is 13.6 Å². The van der Waals surface area contributed by atoms with Gasteiger partial charge >= 0.3 is 6.09 Å². The van der Waals surface area contributed by atoms with Gasteiger partial charge in [0.2, 0.25) is 11.8 Å². The largest absolute Gasteiger partial charge is 0.494 e. The van der Waals surface area contributed by atoms with Gasteiger partial charge < -0.3 is 29.2 Å². The average molecular weight is 630 g/mol. The Morgan fingerprint density at radius 2 is 1.93 bits per heavy atom. The zero-order chi connectivity index (χ0) is 32.7. The third-order valence-electron chi connectivity index (χ3n) is 9.62. The first-order chi connectivity index (χ1) is 21.2. The van der Waals surface area contributed by atoms with Crippen molar-refractivity contribution in [2.45, 2.75) is 110 Å². The predicted octanol–water partition coefficient (Wildman–Crippen LogP) is 6.40. The summed E-state index contributed by atoms with van der Waals surface area (Å²) in [6.45, 7) is 11.4. The molecule has 2 amide bonds. The minimum absolute atomic E-state index is 0.0342. The first-order valence-electron chi connectivity index (χ1n) is 16.1. The molecule has 6 atom stereocenters. The molecule has 1 N–H and O–H groups in total. The molecule has 2 fully saturated rings. The van der Waals surface area contributed by atoms with Crippen molar-refractivity contribution in [3.05, 3.63) is 29.8 Å². The Morgan fingerprint density at radius 1 is 1.18 bits per heavy atom. The minimum atomic E-state index is -3.25. The van der Waals surface area contributed by atoms with E-state index in [1.165, 1.54) is 11.0 Å². The SMILES string of the molecule is CCOc1ccc2cc3c(nc2c1)O[C@H]1CN(C(=O)[C@H](C(C)(C)C)NC(=O)O[C@]2(C)C[C@H]2CCCCC3(F)F)[C@H](C=O)[C@@H]1CC. The molecule has 0 unspecified atom stereocenters. The fraction of sp³-hybridized carbons (Fsp3) is 0.647. The molecule has 45 heavy (non-hydrogen) atoms. The normalized spacial score (nSPS) is 30.6. The standard InChI is InChI=1S/C34H45F2N3O6/c1-7-23-26(19-40)39-18-27(23)44-29-24(15-20-12-13-22(43-8-2)16-25(20)37-29)34(35,36)14-10-9-11-21-17-33(21,6)45-31(42)38-28(30(39)41)32(3,4)5/h12-13,15-16,19,21,23,26-28H,7-11,14,17-18H2,1-6H3,(H,38,42)/t21-,23+,26-,27+,28-,33-/m1/s1. The lowest BCUT2D eigenvalue weighted by atomic mass is 9.85. The number of rotatable bonds is 4. The van der Waals surface area contributed by atoms with Gasteiger partial charge in [-0.05, 0) is 63.1 Å². The number of alkyl carbamates (subject to hydrolysis) is 1. The lowest BCUT2D eigenvalue weighted by Gasteiger charge is -2.35. The highest BCUT2D eigenvalue weighted by Gasteiger charge is 2.54. The number of halogens is 2. The van der Waals surface area contributed by atoms with Crippen molar-refractivity contribution in [1.82, 2.24) is 15.2 Å². The first-order valence-corrected chi connectivity index (χ1v) is 16.1. The number of nitrogens with zero attached hydrogens (tertiary/aromatic N) is 2. The average Bonchev–Trinajstić information content (AvgIpc) is 3.46. The molecule has 3 heterocycles. The summed E-state index contributed by atoms with van der Waals surface area (Å²) in [4.78, 5) is 45.7. The minimum Gasteiger partial charge on any atom is -0.494 e. The van der Waals surface area contributed by atoms with E-state index in [0.717, 1.165) is 0 Å². The van der Waals surface area contributed by atoms with Crippen LogP contribution in [0.5, 0.6) is 11.6 Å². The fourth-order valence-electron chi connectivity index (χ4n) is 6.83. The van der Waals surface area contributed by atoms with Crippen molar-refractivity contribution in [3.8, 4) is 11.6 Å². The molecule has 246 valence electrons. The molecule has 1 aromatic carbocycles. The number of carbonyl (C=O) groups is 3. The number of aromatic nitrogens is 1. The summed E-state index contributed by atoms with van der Waals surface area (Å²) in [5, 5.41) is 3.31. The Labute approximate surface area is 263 Å². The second-order valence-corrected chi connectivity index (χ2v) is 14.0. The molecule has 0 spiro atoms. The summed E-state index contributed by atoms with van der Waals surface area (Å²) in [5.74, 6) is -3.81. The summed E-state index contributed by atoms with van der Waals surface area (Å²) in [6, 6.07) is 4.67. The van der Waals surface area contributed by atoms with Gasteiger partial charge in [0.15, 0.2) is 0 Å². The van der Waals surface area contributed by atoms with Crippen LogP contribution in [0.3, 0.4) is 0 Å². The maximum absolute atomic E-state index is 16.1. The maximum atomic E-state index is 16.1. The van der Waals surface area contributed by atoms with Gasteiger partial charge in [0, 0.05) is 29.7 Å². The molecule has 1 aliphatic carbocycles. The lowest BCUT2D eigenvalue weighted by molar-refractivity contribution is -0.139. The molecular weight excluding hydrogens is 584 g/mol. The molecule has 1 aromatic heterocycles. The summed E-state index contributed by atoms with van der Waals surface area (Å²) < 4.78 is 49.9. The highest BCUT2D eigenvalue weighted by Crippen LogP contribution is 2.50. The Morgan fingerprint density at radius 3 is 2.60 bits per heavy atom. The third kappa shape index (κ3) is 6.72. The molecule has 5 rings (SSSR count). The number of pyridine rings is 1. The number of carbonyl (C=O) groups excluding carboxylic acids is 3. The molecule has 11 heteroatoms. The highest BCUT2D eigenvalue weighted by molar-refractivity contribution is 5.89. The van der Waals surface area contributed by atoms with Crippen LogP contribution >= 0.6 is 0 Å². The molecule has 2 bridgehead atoms. The van der Waals surface area contributed by atoms with Crippen molar-refractivity contribution < 1.29 is 37.4 Å². The third-order valence-corrected chi connectivity index (χ3v) is 9.62. The molecule has 2 aromatic rings. The van der Waals surface area contributed by atoms with Crippen molar-refractivity contribution in [3.63, 3.8) is 0 Å². The highest BCUT2D eigenvalue weighted by atomic mass is 19.3. The van der Waals surface area contributed by atoms with Crippen molar-refractivity contribution in [2.75, 3.05) is 13.2 Å². The van der Waals surface area contributed by atoms with Crippen LogP contribution in [0.15, 0.2) is 24.3 Å². The van der Waals surface area contributed by atoms with E-state index in [4.69, 9.17) is 14.2 Å². The Balaban J connectivity index is 1.58. The second-order valence-electron chi connectivity index (χ2n) is 14.0. The summed E-state index contributed by atoms with van der Waals surface area (Å²) in [6.07, 6.45) is 1.29. The van der Waals surface area contributed by atoms with E-state index in [1.807, 2.05) is 41.5 Å². The van der Waals surface area contributed by atoms with Gasteiger partial charge in [0.05, 0.1) is 30.3 Å². The van der Waals surface area contributed by atoms with E-state index in [-0.39, 0.29) is 30.3 Å². The first kappa shape index (κ1) is 32.9. The number of aldehydes is 1. The number of hydrogen-bond donors (Lipinski definition) is 1. The van der Waals surface area contributed by atoms with Gasteiger partial charge in [-0.15, -0.1) is 0 Å². The van der Waals surface area contributed by atoms with Gasteiger partial charge in [-0.25, -0.2) is 18.6 Å². The monoisotopic (exact) mass is 629 g/mol. The molecule has 1 saturated heterocycles. The van der Waals surface area contributed by atoms with Crippen LogP contribution in [0.1, 0.15) is 85.6 Å². The van der Waals surface area contributed by atoms with Crippen molar-refractivity contribution >= 4 is 29.2 Å². The number of alkyl halides is 2. The van der Waals surface area contributed by atoms with Crippen LogP contribution in [0.2, 0.25) is 0 Å². The van der Waals surface area contributed by atoms with Crippen LogP contribution in [-0.2, 0) is 20.2 Å². The van der Waals surface area contributed by atoms with Gasteiger partial charge in [-0.2, -0.15) is 0 Å². The van der Waals surface area contributed by atoms with Crippen molar-refractivity contribution in [2.24, 2.45) is 17.3 Å². The van der Waals surface area contributed by atoms with E-state index in [9.17, 15) is 14.4 Å². The number of ether oxygens (including phenoxy) is 3. The quantitative estimate of drug-likeness (QED) is 0.390. The zero-order valence-electron chi connectivity index (χ0n) is 27.0. The number of nitrogens with one attached hydrogen (secondary N) is 1. The summed E-state index contributed by atoms with van der Waals surface area (Å²) >= 11 is 0. The van der Waals surface area contributed by atoms with Crippen LogP contribution in [-0.4, -0.2) is 65.1 Å². The van der Waals surface area contributed by atoms with E-state index >= 15 is 8.78 Å². The number of fused-ring (bicyclic) bond motifs is 5. The summed E-state index contributed by atoms with van der Waals surface area (Å²) in [7, 11) is 0. The molecule has 9 nitrogen and oxygen atoms in total. The smallest absolute Gasteiger partial charge is 0.408 e. The Bertz CT molecular complexity index is 1450. The number of hydrogen-bond acceptors (Lipinski definition) is 7. The van der Waals surface area contributed by atoms with Crippen LogP contribution in [0.25, 0.3) is 10.9 Å². The van der Waals surface area contributed by atoms with Gasteiger partial charge in [0.1, 0.15) is 29.8 Å². The molecule has 0 radical (unpaired) electrons. The van der Waals surface area contributed by atoms with E-state index in [0.29, 0.717) is 55.2 Å². The van der Waals surface area contributed by atoms with Gasteiger partial charge in [0.25, 0.3) is 5.92 Å². The zero-order valence-corrected chi connectivity index (χ0v) is 27.0. The van der Waals surface area contributed by atoms with Crippen LogP contribution in [0, 0.1) is 17.3 Å². The van der Waals surface area contributed by atoms with Crippen molar-refractivity contribution in [1.29, 1.82) is 0 Å². The topological polar surface area (TPSA) is 107 Å². The fourth-order valence-corrected chi connectivity index (χ4v) is 6.83. The molecular formula is C34H45F2N3O6. The van der Waals surface area contributed by atoms with Gasteiger partial charge in [-0.3, -0.25) is 4.79 Å². The van der Waals surface area contributed by atoms with E-state index < -0.39 is 59.5 Å². The molecule has 3 aliphatic rings. The van der Waals surface area contributed by atoms with E-state index in [2.05, 4.69) is 10.3 Å². The lowest BCUT2D eigenvalue weighted by Crippen LogP contribution is -2.56. The van der Waals surface area contributed by atoms with E-state index in [1.54, 1.807) is 18.2 Å². The number of benzene rings is 1.